The summed E-state index contributed by atoms with van der Waals surface area (Å²) in [6, 6.07) is 5.69. The van der Waals surface area contributed by atoms with Gasteiger partial charge >= 0.3 is 6.18 Å². The fourth-order valence-corrected chi connectivity index (χ4v) is 3.09. The van der Waals surface area contributed by atoms with Crippen LogP contribution in [0.25, 0.3) is 16.6 Å². The highest BCUT2D eigenvalue weighted by Gasteiger charge is 2.38. The van der Waals surface area contributed by atoms with Crippen LogP contribution in [-0.4, -0.2) is 28.9 Å². The lowest BCUT2D eigenvalue weighted by Crippen LogP contribution is -2.17. The monoisotopic (exact) mass is 404 g/mol. The van der Waals surface area contributed by atoms with E-state index in [-0.39, 0.29) is 16.7 Å². The molecule has 144 valence electrons. The Morgan fingerprint density at radius 2 is 1.81 bits per heavy atom. The normalized spacial score (nSPS) is 12.2. The van der Waals surface area contributed by atoms with Crippen molar-refractivity contribution in [1.29, 1.82) is 0 Å². The van der Waals surface area contributed by atoms with Gasteiger partial charge < -0.3 is 4.90 Å². The summed E-state index contributed by atoms with van der Waals surface area (Å²) < 4.78 is 68.1. The third-order valence-electron chi connectivity index (χ3n) is 3.95. The molecule has 4 nitrogen and oxygen atoms in total. The summed E-state index contributed by atoms with van der Waals surface area (Å²) in [6.45, 7) is 1.72. The van der Waals surface area contributed by atoms with Crippen LogP contribution in [0, 0.1) is 6.92 Å². The molecular formula is C17H14ClF5N4. The number of hydrogen-bond donors (Lipinski definition) is 0. The van der Waals surface area contributed by atoms with Crippen LogP contribution >= 0.6 is 11.6 Å². The van der Waals surface area contributed by atoms with Crippen LogP contribution in [-0.2, 0) is 6.18 Å². The van der Waals surface area contributed by atoms with Gasteiger partial charge in [-0.3, -0.25) is 0 Å². The van der Waals surface area contributed by atoms with Crippen LogP contribution in [0.15, 0.2) is 24.3 Å². The third-order valence-corrected chi connectivity index (χ3v) is 4.19. The highest BCUT2D eigenvalue weighted by atomic mass is 35.5. The molecule has 3 aromatic rings. The second kappa shape index (κ2) is 6.63. The average molecular weight is 405 g/mol. The molecule has 27 heavy (non-hydrogen) atoms. The number of rotatable bonds is 3. The van der Waals surface area contributed by atoms with Crippen molar-refractivity contribution in [2.45, 2.75) is 19.5 Å². The van der Waals surface area contributed by atoms with Gasteiger partial charge in [-0.25, -0.2) is 18.4 Å². The number of halogens is 6. The first kappa shape index (κ1) is 19.3. The van der Waals surface area contributed by atoms with E-state index in [2.05, 4.69) is 10.1 Å². The van der Waals surface area contributed by atoms with Crippen LogP contribution < -0.4 is 4.90 Å². The molecule has 0 atom stereocenters. The first-order chi connectivity index (χ1) is 12.5. The molecule has 0 unspecified atom stereocenters. The van der Waals surface area contributed by atoms with Crippen molar-refractivity contribution >= 4 is 28.3 Å². The zero-order valence-electron chi connectivity index (χ0n) is 14.4. The van der Waals surface area contributed by atoms with Crippen molar-refractivity contribution in [3.63, 3.8) is 0 Å². The van der Waals surface area contributed by atoms with E-state index >= 15 is 0 Å². The van der Waals surface area contributed by atoms with E-state index in [0.29, 0.717) is 16.3 Å². The van der Waals surface area contributed by atoms with Gasteiger partial charge in [0.1, 0.15) is 11.5 Å². The van der Waals surface area contributed by atoms with E-state index in [1.165, 1.54) is 9.58 Å². The fourth-order valence-electron chi connectivity index (χ4n) is 2.87. The van der Waals surface area contributed by atoms with Crippen LogP contribution in [0.3, 0.4) is 0 Å². The molecule has 1 aromatic carbocycles. The molecule has 0 bridgehead atoms. The topological polar surface area (TPSA) is 34.0 Å². The first-order valence-corrected chi connectivity index (χ1v) is 8.11. The predicted octanol–water partition coefficient (Wildman–Crippen LogP) is 5.40. The van der Waals surface area contributed by atoms with Crippen LogP contribution in [0.4, 0.5) is 27.8 Å². The summed E-state index contributed by atoms with van der Waals surface area (Å²) >= 11 is 5.94. The van der Waals surface area contributed by atoms with Crippen molar-refractivity contribution < 1.29 is 22.0 Å². The van der Waals surface area contributed by atoms with E-state index in [1.807, 2.05) is 0 Å². The summed E-state index contributed by atoms with van der Waals surface area (Å²) in [5.74, 6) is 0.0797. The van der Waals surface area contributed by atoms with Crippen molar-refractivity contribution in [3.05, 3.63) is 46.2 Å². The maximum Gasteiger partial charge on any atom is 0.434 e. The predicted molar refractivity (Wildman–Crippen MR) is 92.9 cm³/mol. The average Bonchev–Trinajstić information content (AvgIpc) is 2.91. The Kier molecular flexibility index (Phi) is 4.75. The van der Waals surface area contributed by atoms with Crippen molar-refractivity contribution in [1.82, 2.24) is 14.8 Å². The van der Waals surface area contributed by atoms with E-state index in [1.54, 1.807) is 39.2 Å². The van der Waals surface area contributed by atoms with Crippen molar-refractivity contribution in [2.75, 3.05) is 19.0 Å². The van der Waals surface area contributed by atoms with Gasteiger partial charge in [0.25, 0.3) is 6.43 Å². The Bertz CT molecular complexity index is 1010. The molecule has 2 aromatic heterocycles. The van der Waals surface area contributed by atoms with Gasteiger partial charge in [-0.05, 0) is 36.8 Å². The summed E-state index contributed by atoms with van der Waals surface area (Å²) in [5, 5.41) is 4.28. The molecule has 0 aliphatic heterocycles. The molecule has 10 heteroatoms. The number of hydrogen-bond acceptors (Lipinski definition) is 3. The Balaban J connectivity index is 2.45. The quantitative estimate of drug-likeness (QED) is 0.548. The molecule has 0 aliphatic rings. The summed E-state index contributed by atoms with van der Waals surface area (Å²) in [4.78, 5) is 4.62. The van der Waals surface area contributed by atoms with E-state index < -0.39 is 24.0 Å². The lowest BCUT2D eigenvalue weighted by Gasteiger charge is -2.18. The Morgan fingerprint density at radius 1 is 1.15 bits per heavy atom. The number of benzene rings is 1. The van der Waals surface area contributed by atoms with Crippen LogP contribution in [0.1, 0.15) is 23.4 Å². The Hall–Kier alpha value is -2.42. The lowest BCUT2D eigenvalue weighted by atomic mass is 10.1. The van der Waals surface area contributed by atoms with Gasteiger partial charge in [0.2, 0.25) is 0 Å². The Labute approximate surface area is 156 Å². The molecule has 0 amide bonds. The molecule has 0 aliphatic carbocycles. The maximum atomic E-state index is 13.6. The van der Waals surface area contributed by atoms with Crippen molar-refractivity contribution in [2.24, 2.45) is 0 Å². The second-order valence-corrected chi connectivity index (χ2v) is 6.59. The number of fused-ring (bicyclic) bond motifs is 1. The molecule has 0 spiro atoms. The zero-order valence-corrected chi connectivity index (χ0v) is 15.2. The molecule has 0 N–H and O–H groups in total. The molecule has 0 fully saturated rings. The number of aryl methyl sites for hydroxylation is 1. The van der Waals surface area contributed by atoms with Crippen molar-refractivity contribution in [3.8, 4) is 5.69 Å². The second-order valence-electron chi connectivity index (χ2n) is 6.15. The molecule has 0 saturated carbocycles. The van der Waals surface area contributed by atoms with Gasteiger partial charge in [0.15, 0.2) is 5.69 Å². The summed E-state index contributed by atoms with van der Waals surface area (Å²) in [5.41, 5.74) is -1.44. The first-order valence-electron chi connectivity index (χ1n) is 7.73. The van der Waals surface area contributed by atoms with Gasteiger partial charge in [-0.15, -0.1) is 0 Å². The lowest BCUT2D eigenvalue weighted by molar-refractivity contribution is -0.140. The molecule has 0 radical (unpaired) electrons. The third kappa shape index (κ3) is 3.43. The van der Waals surface area contributed by atoms with Gasteiger partial charge in [0.05, 0.1) is 16.6 Å². The minimum absolute atomic E-state index is 0.0797. The molecular weight excluding hydrogens is 391 g/mol. The number of anilines is 1. The largest absolute Gasteiger partial charge is 0.434 e. The smallest absolute Gasteiger partial charge is 0.362 e. The molecule has 2 heterocycles. The summed E-state index contributed by atoms with van der Waals surface area (Å²) in [6.07, 6.45) is -8.07. The van der Waals surface area contributed by atoms with E-state index in [4.69, 9.17) is 11.6 Å². The summed E-state index contributed by atoms with van der Waals surface area (Å²) in [7, 11) is 3.08. The van der Waals surface area contributed by atoms with Gasteiger partial charge in [-0.2, -0.15) is 18.3 Å². The maximum absolute atomic E-state index is 13.6. The SMILES string of the molecule is Cc1cc(Cl)ccc1-n1nc2cc(C(F)F)nc(C(F)(F)F)c2c1N(C)C. The van der Waals surface area contributed by atoms with E-state index in [0.717, 1.165) is 6.07 Å². The molecule has 3 rings (SSSR count). The van der Waals surface area contributed by atoms with Gasteiger partial charge in [-0.1, -0.05) is 11.6 Å². The Morgan fingerprint density at radius 3 is 2.33 bits per heavy atom. The highest BCUT2D eigenvalue weighted by Crippen LogP contribution is 2.40. The highest BCUT2D eigenvalue weighted by molar-refractivity contribution is 6.30. The minimum atomic E-state index is -4.92. The van der Waals surface area contributed by atoms with Crippen LogP contribution in [0.5, 0.6) is 0 Å². The van der Waals surface area contributed by atoms with E-state index in [9.17, 15) is 22.0 Å². The number of aromatic nitrogens is 3. The standard InChI is InChI=1S/C17H14ClF5N4/c1-8-6-9(18)4-5-12(8)27-16(26(2)3)13-10(25-27)7-11(15(19)20)24-14(13)17(21,22)23/h4-7,15H,1-3H3. The molecule has 0 saturated heterocycles. The minimum Gasteiger partial charge on any atom is -0.362 e. The van der Waals surface area contributed by atoms with Gasteiger partial charge in [0, 0.05) is 19.1 Å². The number of nitrogens with zero attached hydrogens (tertiary/aromatic N) is 4. The fraction of sp³-hybridized carbons (Fsp3) is 0.294. The number of alkyl halides is 5. The van der Waals surface area contributed by atoms with Crippen LogP contribution in [0.2, 0.25) is 5.02 Å². The zero-order chi connectivity index (χ0) is 20.1. The number of pyridine rings is 1.